The fourth-order valence-electron chi connectivity index (χ4n) is 2.06. The predicted molar refractivity (Wildman–Crippen MR) is 99.2 cm³/mol. The summed E-state index contributed by atoms with van der Waals surface area (Å²) in [5.74, 6) is 1.09. The predicted octanol–water partition coefficient (Wildman–Crippen LogP) is 5.76. The number of benzene rings is 2. The molecule has 2 aromatic rings. The van der Waals surface area contributed by atoms with Gasteiger partial charge in [0.1, 0.15) is 0 Å². The summed E-state index contributed by atoms with van der Waals surface area (Å²) in [5, 5.41) is 13.7. The van der Waals surface area contributed by atoms with E-state index in [0.29, 0.717) is 35.4 Å². The molecule has 4 nitrogen and oxygen atoms in total. The quantitative estimate of drug-likeness (QED) is 0.590. The molecule has 0 heterocycles. The zero-order chi connectivity index (χ0) is 17.7. The standard InChI is InChI=1S/C17H18Cl3NO3/c1-3-4-24-16-8-12(18)10(5-15(16)23-2)9-21-11-6-13(19)17(22)14(20)7-11/h5-8,21-22H,3-4,9H2,1-2H3. The Morgan fingerprint density at radius 1 is 1.00 bits per heavy atom. The van der Waals surface area contributed by atoms with Crippen molar-refractivity contribution in [3.05, 3.63) is 44.9 Å². The van der Waals surface area contributed by atoms with Gasteiger partial charge in [0.15, 0.2) is 17.2 Å². The number of phenols is 1. The molecule has 130 valence electrons. The van der Waals surface area contributed by atoms with Gasteiger partial charge in [0, 0.05) is 23.3 Å². The first-order chi connectivity index (χ1) is 11.5. The molecule has 0 spiro atoms. The molecule has 0 saturated carbocycles. The monoisotopic (exact) mass is 389 g/mol. The second-order valence-electron chi connectivity index (χ2n) is 5.08. The van der Waals surface area contributed by atoms with Crippen molar-refractivity contribution < 1.29 is 14.6 Å². The maximum Gasteiger partial charge on any atom is 0.162 e. The minimum atomic E-state index is -0.138. The number of halogens is 3. The lowest BCUT2D eigenvalue weighted by atomic mass is 10.2. The number of nitrogens with one attached hydrogen (secondary N) is 1. The summed E-state index contributed by atoms with van der Waals surface area (Å²) in [6, 6.07) is 6.74. The van der Waals surface area contributed by atoms with Crippen LogP contribution in [-0.2, 0) is 6.54 Å². The highest BCUT2D eigenvalue weighted by Crippen LogP contribution is 2.36. The molecule has 0 bridgehead atoms. The Morgan fingerprint density at radius 2 is 1.67 bits per heavy atom. The van der Waals surface area contributed by atoms with Gasteiger partial charge in [-0.2, -0.15) is 0 Å². The van der Waals surface area contributed by atoms with Crippen LogP contribution in [0, 0.1) is 0 Å². The normalized spacial score (nSPS) is 10.5. The second kappa shape index (κ2) is 8.56. The topological polar surface area (TPSA) is 50.7 Å². The largest absolute Gasteiger partial charge is 0.505 e. The van der Waals surface area contributed by atoms with Crippen LogP contribution >= 0.6 is 34.8 Å². The van der Waals surface area contributed by atoms with Gasteiger partial charge < -0.3 is 19.9 Å². The number of phenolic OH excluding ortho intramolecular Hbond substituents is 1. The lowest BCUT2D eigenvalue weighted by molar-refractivity contribution is 0.294. The number of aromatic hydroxyl groups is 1. The SMILES string of the molecule is CCCOc1cc(Cl)c(CNc2cc(Cl)c(O)c(Cl)c2)cc1OC. The molecule has 0 aliphatic carbocycles. The molecule has 0 fully saturated rings. The van der Waals surface area contributed by atoms with E-state index in [1.807, 2.05) is 13.0 Å². The van der Waals surface area contributed by atoms with E-state index in [1.165, 1.54) is 0 Å². The fourth-order valence-corrected chi connectivity index (χ4v) is 2.77. The Balaban J connectivity index is 2.18. The third kappa shape index (κ3) is 4.53. The van der Waals surface area contributed by atoms with E-state index < -0.39 is 0 Å². The van der Waals surface area contributed by atoms with Crippen molar-refractivity contribution in [3.63, 3.8) is 0 Å². The minimum absolute atomic E-state index is 0.138. The first kappa shape index (κ1) is 18.8. The lowest BCUT2D eigenvalue weighted by Crippen LogP contribution is -2.03. The maximum atomic E-state index is 9.59. The van der Waals surface area contributed by atoms with Gasteiger partial charge in [0.25, 0.3) is 0 Å². The number of hydrogen-bond donors (Lipinski definition) is 2. The van der Waals surface area contributed by atoms with Crippen LogP contribution in [0.3, 0.4) is 0 Å². The van der Waals surface area contributed by atoms with Gasteiger partial charge in [-0.05, 0) is 30.2 Å². The molecule has 0 aromatic heterocycles. The smallest absolute Gasteiger partial charge is 0.162 e. The van der Waals surface area contributed by atoms with Crippen molar-refractivity contribution in [1.29, 1.82) is 0 Å². The van der Waals surface area contributed by atoms with Gasteiger partial charge in [-0.15, -0.1) is 0 Å². The van der Waals surface area contributed by atoms with E-state index in [2.05, 4.69) is 5.32 Å². The van der Waals surface area contributed by atoms with Crippen LogP contribution in [0.2, 0.25) is 15.1 Å². The highest BCUT2D eigenvalue weighted by molar-refractivity contribution is 6.37. The molecule has 0 aliphatic heterocycles. The highest BCUT2D eigenvalue weighted by Gasteiger charge is 2.12. The van der Waals surface area contributed by atoms with Gasteiger partial charge in [0.2, 0.25) is 0 Å². The minimum Gasteiger partial charge on any atom is -0.505 e. The van der Waals surface area contributed by atoms with E-state index in [1.54, 1.807) is 25.3 Å². The Bertz CT molecular complexity index is 699. The third-order valence-electron chi connectivity index (χ3n) is 3.29. The summed E-state index contributed by atoms with van der Waals surface area (Å²) in [6.07, 6.45) is 0.895. The number of ether oxygens (including phenoxy) is 2. The molecule has 7 heteroatoms. The Morgan fingerprint density at radius 3 is 2.25 bits per heavy atom. The van der Waals surface area contributed by atoms with E-state index in [0.717, 1.165) is 12.0 Å². The molecule has 0 radical (unpaired) electrons. The van der Waals surface area contributed by atoms with E-state index >= 15 is 0 Å². The highest BCUT2D eigenvalue weighted by atomic mass is 35.5. The van der Waals surface area contributed by atoms with Gasteiger partial charge in [-0.25, -0.2) is 0 Å². The summed E-state index contributed by atoms with van der Waals surface area (Å²) < 4.78 is 11.0. The molecule has 0 aliphatic rings. The van der Waals surface area contributed by atoms with Crippen LogP contribution in [-0.4, -0.2) is 18.8 Å². The first-order valence-electron chi connectivity index (χ1n) is 7.37. The second-order valence-corrected chi connectivity index (χ2v) is 6.31. The molecule has 2 rings (SSSR count). The van der Waals surface area contributed by atoms with E-state index in [9.17, 15) is 5.11 Å². The third-order valence-corrected chi connectivity index (χ3v) is 4.22. The lowest BCUT2D eigenvalue weighted by Gasteiger charge is -2.14. The Labute approximate surface area is 156 Å². The van der Waals surface area contributed by atoms with Crippen LogP contribution in [0.25, 0.3) is 0 Å². The van der Waals surface area contributed by atoms with E-state index in [4.69, 9.17) is 44.3 Å². The van der Waals surface area contributed by atoms with Crippen LogP contribution < -0.4 is 14.8 Å². The van der Waals surface area contributed by atoms with Crippen LogP contribution in [0.15, 0.2) is 24.3 Å². The van der Waals surface area contributed by atoms with Gasteiger partial charge in [-0.1, -0.05) is 41.7 Å². The van der Waals surface area contributed by atoms with Crippen molar-refractivity contribution in [3.8, 4) is 17.2 Å². The molecular formula is C17H18Cl3NO3. The van der Waals surface area contributed by atoms with Crippen LogP contribution in [0.5, 0.6) is 17.2 Å². The zero-order valence-corrected chi connectivity index (χ0v) is 15.6. The summed E-state index contributed by atoms with van der Waals surface area (Å²) >= 11 is 18.1. The molecular weight excluding hydrogens is 373 g/mol. The average molecular weight is 391 g/mol. The van der Waals surface area contributed by atoms with Gasteiger partial charge in [-0.3, -0.25) is 0 Å². The number of hydrogen-bond acceptors (Lipinski definition) is 4. The summed E-state index contributed by atoms with van der Waals surface area (Å²) in [6.45, 7) is 3.05. The Kier molecular flexibility index (Phi) is 6.72. The number of rotatable bonds is 7. The number of anilines is 1. The van der Waals surface area contributed by atoms with Gasteiger partial charge in [0.05, 0.1) is 23.8 Å². The summed E-state index contributed by atoms with van der Waals surface area (Å²) in [7, 11) is 1.58. The fraction of sp³-hybridized carbons (Fsp3) is 0.294. The summed E-state index contributed by atoms with van der Waals surface area (Å²) in [5.41, 5.74) is 1.50. The molecule has 2 aromatic carbocycles. The van der Waals surface area contributed by atoms with Gasteiger partial charge >= 0.3 is 0 Å². The molecule has 0 unspecified atom stereocenters. The Hall–Kier alpha value is -1.49. The summed E-state index contributed by atoms with van der Waals surface area (Å²) in [4.78, 5) is 0. The molecule has 0 amide bonds. The van der Waals surface area contributed by atoms with E-state index in [-0.39, 0.29) is 15.8 Å². The zero-order valence-electron chi connectivity index (χ0n) is 13.3. The molecule has 2 N–H and O–H groups in total. The van der Waals surface area contributed by atoms with Crippen molar-refractivity contribution in [1.82, 2.24) is 0 Å². The van der Waals surface area contributed by atoms with Crippen molar-refractivity contribution >= 4 is 40.5 Å². The first-order valence-corrected chi connectivity index (χ1v) is 8.50. The van der Waals surface area contributed by atoms with Crippen molar-refractivity contribution in [2.75, 3.05) is 19.0 Å². The molecule has 24 heavy (non-hydrogen) atoms. The molecule has 0 atom stereocenters. The maximum absolute atomic E-state index is 9.59. The van der Waals surface area contributed by atoms with Crippen LogP contribution in [0.4, 0.5) is 5.69 Å². The van der Waals surface area contributed by atoms with Crippen molar-refractivity contribution in [2.24, 2.45) is 0 Å². The van der Waals surface area contributed by atoms with Crippen LogP contribution in [0.1, 0.15) is 18.9 Å². The average Bonchev–Trinajstić information content (AvgIpc) is 2.56. The van der Waals surface area contributed by atoms with Crippen molar-refractivity contribution in [2.45, 2.75) is 19.9 Å². The number of methoxy groups -OCH3 is 1. The molecule has 0 saturated heterocycles.